The van der Waals surface area contributed by atoms with Crippen LogP contribution in [0.5, 0.6) is 5.75 Å². The van der Waals surface area contributed by atoms with Crippen LogP contribution in [0.4, 0.5) is 5.69 Å². The molecule has 0 unspecified atom stereocenters. The average molecular weight is 369 g/mol. The summed E-state index contributed by atoms with van der Waals surface area (Å²) in [6.45, 7) is 5.63. The van der Waals surface area contributed by atoms with Gasteiger partial charge >= 0.3 is 5.97 Å². The molecule has 2 atom stereocenters. The minimum atomic E-state index is -0.400. The lowest BCUT2D eigenvalue weighted by Gasteiger charge is -2.21. The monoisotopic (exact) mass is 369 g/mol. The molecule has 0 aliphatic rings. The average Bonchev–Trinajstić information content (AvgIpc) is 2.67. The van der Waals surface area contributed by atoms with Gasteiger partial charge in [0.05, 0.1) is 18.7 Å². The fourth-order valence-corrected chi connectivity index (χ4v) is 2.93. The molecule has 1 amide bonds. The first-order chi connectivity index (χ1) is 13.0. The highest BCUT2D eigenvalue weighted by molar-refractivity contribution is 5.94. The van der Waals surface area contributed by atoms with E-state index >= 15 is 0 Å². The fourth-order valence-electron chi connectivity index (χ4n) is 2.93. The molecular formula is C22H27NO4. The standard InChI is InChI=1S/C22H27NO4/c1-5-16(3)21(17-9-7-6-8-10-17)22(25)27-14-20(24)23-18-13-15(2)11-12-19(18)26-4/h6-13,16,21H,5,14H2,1-4H3,(H,23,24)/t16-,21-/m1/s1. The molecule has 0 saturated heterocycles. The van der Waals surface area contributed by atoms with Crippen molar-refractivity contribution in [1.82, 2.24) is 0 Å². The maximum atomic E-state index is 12.7. The Balaban J connectivity index is 2.02. The summed E-state index contributed by atoms with van der Waals surface area (Å²) in [5.41, 5.74) is 2.45. The molecule has 2 aromatic rings. The number of anilines is 1. The number of rotatable bonds is 8. The predicted octanol–water partition coefficient (Wildman–Crippen LogP) is 4.32. The first kappa shape index (κ1) is 20.5. The maximum Gasteiger partial charge on any atom is 0.314 e. The maximum absolute atomic E-state index is 12.7. The molecule has 0 bridgehead atoms. The summed E-state index contributed by atoms with van der Waals surface area (Å²) in [6, 6.07) is 15.0. The molecule has 0 spiro atoms. The van der Waals surface area contributed by atoms with Crippen molar-refractivity contribution in [3.63, 3.8) is 0 Å². The van der Waals surface area contributed by atoms with Crippen LogP contribution in [0.1, 0.15) is 37.3 Å². The Morgan fingerprint density at radius 2 is 1.81 bits per heavy atom. The molecule has 2 rings (SSSR count). The summed E-state index contributed by atoms with van der Waals surface area (Å²) in [5.74, 6) is -0.510. The summed E-state index contributed by atoms with van der Waals surface area (Å²) < 4.78 is 10.6. The molecule has 144 valence electrons. The van der Waals surface area contributed by atoms with Crippen LogP contribution in [0, 0.1) is 12.8 Å². The van der Waals surface area contributed by atoms with Crippen molar-refractivity contribution in [3.8, 4) is 5.75 Å². The lowest BCUT2D eigenvalue weighted by Crippen LogP contribution is -2.27. The van der Waals surface area contributed by atoms with Gasteiger partial charge in [-0.2, -0.15) is 0 Å². The molecule has 0 radical (unpaired) electrons. The molecule has 0 saturated carbocycles. The topological polar surface area (TPSA) is 64.6 Å². The van der Waals surface area contributed by atoms with Crippen molar-refractivity contribution in [2.75, 3.05) is 19.0 Å². The molecular weight excluding hydrogens is 342 g/mol. The zero-order valence-corrected chi connectivity index (χ0v) is 16.3. The number of carbonyl (C=O) groups is 2. The highest BCUT2D eigenvalue weighted by atomic mass is 16.5. The number of hydrogen-bond acceptors (Lipinski definition) is 4. The smallest absolute Gasteiger partial charge is 0.314 e. The Bertz CT molecular complexity index is 773. The van der Waals surface area contributed by atoms with Crippen molar-refractivity contribution < 1.29 is 19.1 Å². The molecule has 0 heterocycles. The van der Waals surface area contributed by atoms with Crippen LogP contribution < -0.4 is 10.1 Å². The second kappa shape index (κ2) is 9.76. The van der Waals surface area contributed by atoms with Gasteiger partial charge in [0, 0.05) is 0 Å². The van der Waals surface area contributed by atoms with Crippen molar-refractivity contribution >= 4 is 17.6 Å². The first-order valence-corrected chi connectivity index (χ1v) is 9.12. The van der Waals surface area contributed by atoms with Gasteiger partial charge in [-0.3, -0.25) is 9.59 Å². The highest BCUT2D eigenvalue weighted by Crippen LogP contribution is 2.28. The minimum Gasteiger partial charge on any atom is -0.495 e. The summed E-state index contributed by atoms with van der Waals surface area (Å²) >= 11 is 0. The molecule has 5 heteroatoms. The number of aryl methyl sites for hydroxylation is 1. The number of nitrogens with one attached hydrogen (secondary N) is 1. The molecule has 2 aromatic carbocycles. The third-order valence-electron chi connectivity index (χ3n) is 4.60. The number of benzene rings is 2. The molecule has 0 aliphatic carbocycles. The van der Waals surface area contributed by atoms with Gasteiger partial charge < -0.3 is 14.8 Å². The van der Waals surface area contributed by atoms with E-state index in [1.54, 1.807) is 6.07 Å². The second-order valence-electron chi connectivity index (χ2n) is 6.63. The Labute approximate surface area is 160 Å². The fraction of sp³-hybridized carbons (Fsp3) is 0.364. The zero-order valence-electron chi connectivity index (χ0n) is 16.3. The summed E-state index contributed by atoms with van der Waals surface area (Å²) in [7, 11) is 1.54. The predicted molar refractivity (Wildman–Crippen MR) is 106 cm³/mol. The number of esters is 1. The summed E-state index contributed by atoms with van der Waals surface area (Å²) in [6.07, 6.45) is 0.835. The minimum absolute atomic E-state index is 0.111. The van der Waals surface area contributed by atoms with Gasteiger partial charge in [-0.25, -0.2) is 0 Å². The van der Waals surface area contributed by atoms with Crippen molar-refractivity contribution in [2.24, 2.45) is 5.92 Å². The van der Waals surface area contributed by atoms with Gasteiger partial charge in [-0.1, -0.05) is 56.7 Å². The third kappa shape index (κ3) is 5.58. The summed E-state index contributed by atoms with van der Waals surface area (Å²) in [4.78, 5) is 24.9. The molecule has 27 heavy (non-hydrogen) atoms. The van der Waals surface area contributed by atoms with Gasteiger partial charge in [-0.15, -0.1) is 0 Å². The van der Waals surface area contributed by atoms with Gasteiger partial charge in [0.25, 0.3) is 5.91 Å². The molecule has 0 fully saturated rings. The lowest BCUT2D eigenvalue weighted by atomic mass is 9.86. The van der Waals surface area contributed by atoms with Crippen molar-refractivity contribution in [2.45, 2.75) is 33.1 Å². The van der Waals surface area contributed by atoms with E-state index in [4.69, 9.17) is 9.47 Å². The van der Waals surface area contributed by atoms with Gasteiger partial charge in [0.1, 0.15) is 5.75 Å². The number of ether oxygens (including phenoxy) is 2. The van der Waals surface area contributed by atoms with E-state index in [2.05, 4.69) is 5.32 Å². The third-order valence-corrected chi connectivity index (χ3v) is 4.60. The van der Waals surface area contributed by atoms with Crippen LogP contribution in [0.15, 0.2) is 48.5 Å². The Morgan fingerprint density at radius 1 is 1.11 bits per heavy atom. The van der Waals surface area contributed by atoms with Crippen LogP contribution in [0.25, 0.3) is 0 Å². The number of carbonyl (C=O) groups excluding carboxylic acids is 2. The summed E-state index contributed by atoms with van der Waals surface area (Å²) in [5, 5.41) is 2.74. The normalized spacial score (nSPS) is 12.7. The van der Waals surface area contributed by atoms with E-state index in [9.17, 15) is 9.59 Å². The number of methoxy groups -OCH3 is 1. The molecule has 1 N–H and O–H groups in total. The Kier molecular flexibility index (Phi) is 7.41. The van der Waals surface area contributed by atoms with E-state index in [0.717, 1.165) is 17.5 Å². The lowest BCUT2D eigenvalue weighted by molar-refractivity contribution is -0.150. The van der Waals surface area contributed by atoms with E-state index < -0.39 is 11.8 Å². The van der Waals surface area contributed by atoms with E-state index in [1.165, 1.54) is 7.11 Å². The molecule has 5 nitrogen and oxygen atoms in total. The second-order valence-corrected chi connectivity index (χ2v) is 6.63. The molecule has 0 aliphatic heterocycles. The quantitative estimate of drug-likeness (QED) is 0.704. The highest BCUT2D eigenvalue weighted by Gasteiger charge is 2.27. The van der Waals surface area contributed by atoms with E-state index in [1.807, 2.05) is 63.2 Å². The van der Waals surface area contributed by atoms with Crippen molar-refractivity contribution in [3.05, 3.63) is 59.7 Å². The Hall–Kier alpha value is -2.82. The number of hydrogen-bond donors (Lipinski definition) is 1. The van der Waals surface area contributed by atoms with Crippen LogP contribution in [0.3, 0.4) is 0 Å². The van der Waals surface area contributed by atoms with Crippen LogP contribution >= 0.6 is 0 Å². The van der Waals surface area contributed by atoms with Gasteiger partial charge in [-0.05, 0) is 36.1 Å². The van der Waals surface area contributed by atoms with E-state index in [-0.39, 0.29) is 18.5 Å². The first-order valence-electron chi connectivity index (χ1n) is 9.12. The molecule has 0 aromatic heterocycles. The van der Waals surface area contributed by atoms with Gasteiger partial charge in [0.15, 0.2) is 6.61 Å². The van der Waals surface area contributed by atoms with Crippen molar-refractivity contribution in [1.29, 1.82) is 0 Å². The Morgan fingerprint density at radius 3 is 2.44 bits per heavy atom. The van der Waals surface area contributed by atoms with Crippen LogP contribution in [-0.4, -0.2) is 25.6 Å². The zero-order chi connectivity index (χ0) is 19.8. The largest absolute Gasteiger partial charge is 0.495 e. The van der Waals surface area contributed by atoms with Crippen LogP contribution in [-0.2, 0) is 14.3 Å². The van der Waals surface area contributed by atoms with E-state index in [0.29, 0.717) is 11.4 Å². The van der Waals surface area contributed by atoms with Crippen LogP contribution in [0.2, 0.25) is 0 Å². The number of amides is 1. The van der Waals surface area contributed by atoms with Gasteiger partial charge in [0.2, 0.25) is 0 Å². The SMILES string of the molecule is CC[C@@H](C)[C@@H](C(=O)OCC(=O)Nc1cc(C)ccc1OC)c1ccccc1.